The molecule has 1 aromatic heterocycles. The van der Waals surface area contributed by atoms with Crippen molar-refractivity contribution in [2.45, 2.75) is 32.2 Å². The second-order valence-corrected chi connectivity index (χ2v) is 7.33. The van der Waals surface area contributed by atoms with Crippen LogP contribution in [0.5, 0.6) is 0 Å². The Morgan fingerprint density at radius 3 is 2.75 bits per heavy atom. The van der Waals surface area contributed by atoms with Gasteiger partial charge < -0.3 is 15.4 Å². The van der Waals surface area contributed by atoms with Gasteiger partial charge in [0.15, 0.2) is 0 Å². The molecule has 1 amide bonds. The average Bonchev–Trinajstić information content (AvgIpc) is 3.22. The molecule has 3 N–H and O–H groups in total. The number of para-hydroxylation sites is 1. The zero-order valence-electron chi connectivity index (χ0n) is 13.9. The van der Waals surface area contributed by atoms with Gasteiger partial charge in [-0.1, -0.05) is 48.3 Å². The summed E-state index contributed by atoms with van der Waals surface area (Å²) >= 11 is 7.34. The molecule has 1 fully saturated rings. The number of H-pyrrole nitrogens is 1. The van der Waals surface area contributed by atoms with Crippen molar-refractivity contribution >= 4 is 40.2 Å². The zero-order valence-corrected chi connectivity index (χ0v) is 15.5. The Kier molecular flexibility index (Phi) is 6.63. The molecule has 3 rings (SSSR count). The normalized spacial score (nSPS) is 14.6. The smallest absolute Gasteiger partial charge is 0.267 e. The Balaban J connectivity index is 0.000000368. The average molecular weight is 367 g/mol. The van der Waals surface area contributed by atoms with E-state index in [-0.39, 0.29) is 17.0 Å². The van der Waals surface area contributed by atoms with Crippen LogP contribution >= 0.6 is 23.4 Å². The molecule has 1 aliphatic rings. The first-order chi connectivity index (χ1) is 11.4. The van der Waals surface area contributed by atoms with E-state index >= 15 is 0 Å². The number of aliphatic hydroxyl groups is 1. The standard InChI is InChI=1S/C15H17ClN2O.C3H6OS/c1-9(7-10-5-6-10)17-15(19)13-8-11-3-2-4-12(16)14(11)18-13;1-3(4)5-2/h2-4,8-10,18H,5-7H2,1H3,(H,17,19);4H,1H2,2H3. The molecule has 1 aliphatic carbocycles. The zero-order chi connectivity index (χ0) is 17.7. The summed E-state index contributed by atoms with van der Waals surface area (Å²) in [6.45, 7) is 5.25. The molecule has 130 valence electrons. The molecule has 6 heteroatoms. The van der Waals surface area contributed by atoms with Crippen LogP contribution in [0.15, 0.2) is 35.9 Å². The van der Waals surface area contributed by atoms with Gasteiger partial charge in [-0.05, 0) is 44.2 Å². The SMILES string of the molecule is C=C(O)SC.CC(CC1CC1)NC(=O)c1cc2cccc(Cl)c2[nH]1. The molecule has 1 saturated carbocycles. The van der Waals surface area contributed by atoms with Crippen molar-refractivity contribution in [3.63, 3.8) is 0 Å². The summed E-state index contributed by atoms with van der Waals surface area (Å²) in [5.74, 6) is 0.757. The van der Waals surface area contributed by atoms with Crippen LogP contribution in [0.4, 0.5) is 0 Å². The third kappa shape index (κ3) is 5.49. The Labute approximate surface area is 151 Å². The molecule has 4 nitrogen and oxygen atoms in total. The van der Waals surface area contributed by atoms with Crippen molar-refractivity contribution < 1.29 is 9.90 Å². The molecule has 1 atom stereocenters. The summed E-state index contributed by atoms with van der Waals surface area (Å²) < 4.78 is 0. The summed E-state index contributed by atoms with van der Waals surface area (Å²) in [5, 5.41) is 12.9. The highest BCUT2D eigenvalue weighted by atomic mass is 35.5. The molecule has 0 saturated heterocycles. The van der Waals surface area contributed by atoms with Crippen LogP contribution in [0.25, 0.3) is 10.9 Å². The second-order valence-electron chi connectivity index (χ2n) is 6.04. The Bertz CT molecular complexity index is 725. The number of aromatic nitrogens is 1. The lowest BCUT2D eigenvalue weighted by Crippen LogP contribution is -2.33. The maximum Gasteiger partial charge on any atom is 0.267 e. The lowest BCUT2D eigenvalue weighted by Gasteiger charge is -2.12. The number of carbonyl (C=O) groups is 1. The number of hydrogen-bond donors (Lipinski definition) is 3. The maximum atomic E-state index is 12.2. The highest BCUT2D eigenvalue weighted by molar-refractivity contribution is 8.02. The topological polar surface area (TPSA) is 65.1 Å². The van der Waals surface area contributed by atoms with Gasteiger partial charge in [0, 0.05) is 11.4 Å². The van der Waals surface area contributed by atoms with E-state index in [1.165, 1.54) is 24.6 Å². The van der Waals surface area contributed by atoms with E-state index in [9.17, 15) is 4.79 Å². The minimum Gasteiger partial charge on any atom is -0.503 e. The summed E-state index contributed by atoms with van der Waals surface area (Å²) in [6, 6.07) is 7.72. The fourth-order valence-corrected chi connectivity index (χ4v) is 2.68. The summed E-state index contributed by atoms with van der Waals surface area (Å²) in [4.78, 5) is 15.2. The van der Waals surface area contributed by atoms with Crippen LogP contribution in [0.1, 0.15) is 36.7 Å². The van der Waals surface area contributed by atoms with E-state index < -0.39 is 0 Å². The number of carbonyl (C=O) groups excluding carboxylic acids is 1. The maximum absolute atomic E-state index is 12.2. The Morgan fingerprint density at radius 2 is 2.21 bits per heavy atom. The molecular weight excluding hydrogens is 344 g/mol. The Morgan fingerprint density at radius 1 is 1.54 bits per heavy atom. The van der Waals surface area contributed by atoms with Gasteiger partial charge in [0.1, 0.15) is 10.8 Å². The molecule has 1 aromatic carbocycles. The van der Waals surface area contributed by atoms with E-state index in [1.807, 2.05) is 24.3 Å². The molecular formula is C18H23ClN2O2S. The van der Waals surface area contributed by atoms with Gasteiger partial charge in [-0.2, -0.15) is 0 Å². The van der Waals surface area contributed by atoms with Crippen LogP contribution in [-0.2, 0) is 0 Å². The van der Waals surface area contributed by atoms with Gasteiger partial charge in [-0.15, -0.1) is 0 Å². The number of hydrogen-bond acceptors (Lipinski definition) is 3. The van der Waals surface area contributed by atoms with Crippen molar-refractivity contribution in [1.29, 1.82) is 0 Å². The highest BCUT2D eigenvalue weighted by Crippen LogP contribution is 2.33. The van der Waals surface area contributed by atoms with Gasteiger partial charge in [0.2, 0.25) is 0 Å². The number of fused-ring (bicyclic) bond motifs is 1. The molecule has 0 radical (unpaired) electrons. The van der Waals surface area contributed by atoms with E-state index in [4.69, 9.17) is 16.7 Å². The predicted molar refractivity (Wildman–Crippen MR) is 103 cm³/mol. The van der Waals surface area contributed by atoms with Crippen LogP contribution in [0.2, 0.25) is 5.02 Å². The highest BCUT2D eigenvalue weighted by Gasteiger charge is 2.24. The van der Waals surface area contributed by atoms with Gasteiger partial charge >= 0.3 is 0 Å². The first-order valence-corrected chi connectivity index (χ1v) is 9.51. The van der Waals surface area contributed by atoms with Crippen LogP contribution in [-0.4, -0.2) is 28.3 Å². The van der Waals surface area contributed by atoms with Crippen LogP contribution < -0.4 is 5.32 Å². The third-order valence-electron chi connectivity index (χ3n) is 3.85. The number of nitrogens with one attached hydrogen (secondary N) is 2. The molecule has 0 bridgehead atoms. The third-order valence-corrected chi connectivity index (χ3v) is 4.63. The van der Waals surface area contributed by atoms with Crippen molar-refractivity contribution in [3.05, 3.63) is 46.7 Å². The lowest BCUT2D eigenvalue weighted by atomic mass is 10.1. The first-order valence-electron chi connectivity index (χ1n) is 7.90. The number of halogens is 1. The van der Waals surface area contributed by atoms with Gasteiger partial charge in [0.05, 0.1) is 10.5 Å². The lowest BCUT2D eigenvalue weighted by molar-refractivity contribution is 0.0933. The van der Waals surface area contributed by atoms with Crippen LogP contribution in [0.3, 0.4) is 0 Å². The van der Waals surface area contributed by atoms with Crippen LogP contribution in [0, 0.1) is 5.92 Å². The summed E-state index contributed by atoms with van der Waals surface area (Å²) in [6.07, 6.45) is 5.46. The molecule has 0 spiro atoms. The summed E-state index contributed by atoms with van der Waals surface area (Å²) in [5.41, 5.74) is 1.40. The van der Waals surface area contributed by atoms with E-state index in [1.54, 1.807) is 6.26 Å². The second kappa shape index (κ2) is 8.49. The quantitative estimate of drug-likeness (QED) is 0.643. The van der Waals surface area contributed by atoms with Gasteiger partial charge in [-0.25, -0.2) is 0 Å². The van der Waals surface area contributed by atoms with Crippen molar-refractivity contribution in [1.82, 2.24) is 10.3 Å². The molecule has 1 heterocycles. The molecule has 0 aliphatic heterocycles. The van der Waals surface area contributed by atoms with Crippen molar-refractivity contribution in [3.8, 4) is 0 Å². The fraction of sp³-hybridized carbons (Fsp3) is 0.389. The Hall–Kier alpha value is -1.59. The fourth-order valence-electron chi connectivity index (χ4n) is 2.46. The number of benzene rings is 1. The van der Waals surface area contributed by atoms with E-state index in [2.05, 4.69) is 23.8 Å². The number of rotatable bonds is 5. The first kappa shape index (κ1) is 18.7. The molecule has 24 heavy (non-hydrogen) atoms. The molecule has 1 unspecified atom stereocenters. The number of aliphatic hydroxyl groups excluding tert-OH is 1. The number of aromatic amines is 1. The minimum absolute atomic E-state index is 0.0552. The summed E-state index contributed by atoms with van der Waals surface area (Å²) in [7, 11) is 0. The van der Waals surface area contributed by atoms with E-state index in [0.29, 0.717) is 10.7 Å². The van der Waals surface area contributed by atoms with E-state index in [0.717, 1.165) is 23.2 Å². The largest absolute Gasteiger partial charge is 0.503 e. The van der Waals surface area contributed by atoms with Crippen molar-refractivity contribution in [2.75, 3.05) is 6.26 Å². The van der Waals surface area contributed by atoms with Gasteiger partial charge in [-0.3, -0.25) is 4.79 Å². The number of thioether (sulfide) groups is 1. The minimum atomic E-state index is -0.0552. The van der Waals surface area contributed by atoms with Gasteiger partial charge in [0.25, 0.3) is 5.91 Å². The predicted octanol–water partition coefficient (Wildman–Crippen LogP) is 5.12. The number of amides is 1. The monoisotopic (exact) mass is 366 g/mol. The van der Waals surface area contributed by atoms with Crippen molar-refractivity contribution in [2.24, 2.45) is 5.92 Å². The molecule has 2 aromatic rings.